The molecule has 2 N–H and O–H groups in total. The zero-order valence-corrected chi connectivity index (χ0v) is 10.4. The van der Waals surface area contributed by atoms with Crippen molar-refractivity contribution in [3.63, 3.8) is 0 Å². The van der Waals surface area contributed by atoms with Crippen molar-refractivity contribution in [3.8, 4) is 11.3 Å². The van der Waals surface area contributed by atoms with Crippen LogP contribution in [0.1, 0.15) is 5.56 Å². The average Bonchev–Trinajstić information content (AvgIpc) is 2.81. The molecule has 90 valence electrons. The molecule has 0 atom stereocenters. The zero-order valence-electron chi connectivity index (χ0n) is 9.68. The molecular formula is C14H12ClN3. The molecule has 3 nitrogen and oxygen atoms in total. The Balaban J connectivity index is 2.17. The molecule has 0 radical (unpaired) electrons. The van der Waals surface area contributed by atoms with Gasteiger partial charge in [0, 0.05) is 24.5 Å². The molecule has 4 heteroatoms. The molecule has 3 rings (SSSR count). The fraction of sp³-hybridized carbons (Fsp3) is 0.0714. The standard InChI is InChI=1S/C14H12ClN3/c15-12-4-2-1-3-11(12)13-9-18-6-5-10(8-16)7-14(18)17-13/h1-7,9H,8,16H2. The topological polar surface area (TPSA) is 43.3 Å². The lowest BCUT2D eigenvalue weighted by molar-refractivity contribution is 1.05. The monoisotopic (exact) mass is 257 g/mol. The molecule has 3 aromatic rings. The third-order valence-electron chi connectivity index (χ3n) is 2.91. The maximum absolute atomic E-state index is 6.18. The van der Waals surface area contributed by atoms with Crippen molar-refractivity contribution >= 4 is 17.2 Å². The summed E-state index contributed by atoms with van der Waals surface area (Å²) in [6.45, 7) is 0.519. The van der Waals surface area contributed by atoms with Crippen LogP contribution in [0.2, 0.25) is 5.02 Å². The number of hydrogen-bond donors (Lipinski definition) is 1. The van der Waals surface area contributed by atoms with E-state index in [1.165, 1.54) is 0 Å². The van der Waals surface area contributed by atoms with Gasteiger partial charge in [-0.3, -0.25) is 0 Å². The lowest BCUT2D eigenvalue weighted by Crippen LogP contribution is -1.96. The Morgan fingerprint density at radius 3 is 2.83 bits per heavy atom. The third-order valence-corrected chi connectivity index (χ3v) is 3.24. The molecule has 2 aromatic heterocycles. The molecule has 1 aromatic carbocycles. The van der Waals surface area contributed by atoms with E-state index in [4.69, 9.17) is 17.3 Å². The van der Waals surface area contributed by atoms with Gasteiger partial charge in [0.05, 0.1) is 10.7 Å². The molecule has 2 heterocycles. The van der Waals surface area contributed by atoms with E-state index < -0.39 is 0 Å². The van der Waals surface area contributed by atoms with Crippen LogP contribution in [0.3, 0.4) is 0 Å². The summed E-state index contributed by atoms with van der Waals surface area (Å²) in [7, 11) is 0. The normalized spacial score (nSPS) is 11.0. The van der Waals surface area contributed by atoms with Crippen molar-refractivity contribution in [2.75, 3.05) is 0 Å². The van der Waals surface area contributed by atoms with Gasteiger partial charge in [-0.05, 0) is 23.8 Å². The van der Waals surface area contributed by atoms with Gasteiger partial charge in [-0.1, -0.05) is 29.8 Å². The smallest absolute Gasteiger partial charge is 0.137 e. The Morgan fingerprint density at radius 1 is 1.22 bits per heavy atom. The van der Waals surface area contributed by atoms with Crippen molar-refractivity contribution in [2.45, 2.75) is 6.54 Å². The summed E-state index contributed by atoms with van der Waals surface area (Å²) < 4.78 is 1.97. The molecule has 0 aliphatic heterocycles. The average molecular weight is 258 g/mol. The number of halogens is 1. The maximum atomic E-state index is 6.18. The first-order valence-corrected chi connectivity index (χ1v) is 6.08. The Hall–Kier alpha value is -1.84. The molecule has 0 aliphatic rings. The van der Waals surface area contributed by atoms with Crippen LogP contribution in [0.5, 0.6) is 0 Å². The molecule has 0 saturated carbocycles. The Morgan fingerprint density at radius 2 is 2.06 bits per heavy atom. The lowest BCUT2D eigenvalue weighted by Gasteiger charge is -1.97. The number of benzene rings is 1. The van der Waals surface area contributed by atoms with Gasteiger partial charge in [-0.25, -0.2) is 4.98 Å². The van der Waals surface area contributed by atoms with E-state index in [9.17, 15) is 0 Å². The third kappa shape index (κ3) is 1.88. The number of nitrogens with two attached hydrogens (primary N) is 1. The Bertz CT molecular complexity index is 703. The molecule has 18 heavy (non-hydrogen) atoms. The van der Waals surface area contributed by atoms with Crippen molar-refractivity contribution < 1.29 is 0 Å². The van der Waals surface area contributed by atoms with Crippen LogP contribution in [0.25, 0.3) is 16.9 Å². The Kier molecular flexibility index (Phi) is 2.78. The van der Waals surface area contributed by atoms with Gasteiger partial charge in [0.1, 0.15) is 5.65 Å². The van der Waals surface area contributed by atoms with Crippen LogP contribution in [0, 0.1) is 0 Å². The van der Waals surface area contributed by atoms with Crippen LogP contribution < -0.4 is 5.73 Å². The highest BCUT2D eigenvalue weighted by Gasteiger charge is 2.07. The van der Waals surface area contributed by atoms with Gasteiger partial charge in [-0.15, -0.1) is 0 Å². The first kappa shape index (κ1) is 11.3. The van der Waals surface area contributed by atoms with Crippen LogP contribution in [-0.2, 0) is 6.54 Å². The summed E-state index contributed by atoms with van der Waals surface area (Å²) in [6, 6.07) is 11.7. The summed E-state index contributed by atoms with van der Waals surface area (Å²) in [5.41, 5.74) is 9.39. The molecule has 0 spiro atoms. The zero-order chi connectivity index (χ0) is 12.5. The van der Waals surface area contributed by atoms with E-state index in [0.29, 0.717) is 11.6 Å². The summed E-state index contributed by atoms with van der Waals surface area (Å²) in [6.07, 6.45) is 3.93. The number of rotatable bonds is 2. The van der Waals surface area contributed by atoms with E-state index >= 15 is 0 Å². The van der Waals surface area contributed by atoms with Gasteiger partial charge in [-0.2, -0.15) is 0 Å². The van der Waals surface area contributed by atoms with Crippen LogP contribution in [0.4, 0.5) is 0 Å². The second-order valence-corrected chi connectivity index (χ2v) is 4.52. The van der Waals surface area contributed by atoms with E-state index in [2.05, 4.69) is 4.98 Å². The van der Waals surface area contributed by atoms with Crippen LogP contribution in [0.15, 0.2) is 48.8 Å². The summed E-state index contributed by atoms with van der Waals surface area (Å²) in [4.78, 5) is 4.58. The summed E-state index contributed by atoms with van der Waals surface area (Å²) in [5.74, 6) is 0. The second-order valence-electron chi connectivity index (χ2n) is 4.11. The maximum Gasteiger partial charge on any atom is 0.137 e. The van der Waals surface area contributed by atoms with Crippen LogP contribution >= 0.6 is 11.6 Å². The minimum Gasteiger partial charge on any atom is -0.326 e. The number of pyridine rings is 1. The summed E-state index contributed by atoms with van der Waals surface area (Å²) >= 11 is 6.18. The Labute approximate surface area is 110 Å². The highest BCUT2D eigenvalue weighted by Crippen LogP contribution is 2.26. The fourth-order valence-corrected chi connectivity index (χ4v) is 2.18. The predicted octanol–water partition coefficient (Wildman–Crippen LogP) is 3.11. The molecule has 0 saturated heterocycles. The van der Waals surface area contributed by atoms with E-state index in [0.717, 1.165) is 22.5 Å². The molecule has 0 fully saturated rings. The highest BCUT2D eigenvalue weighted by molar-refractivity contribution is 6.33. The number of aromatic nitrogens is 2. The number of fused-ring (bicyclic) bond motifs is 1. The van der Waals surface area contributed by atoms with E-state index in [-0.39, 0.29) is 0 Å². The minimum absolute atomic E-state index is 0.519. The van der Waals surface area contributed by atoms with Gasteiger partial charge in [0.15, 0.2) is 0 Å². The van der Waals surface area contributed by atoms with Crippen molar-refractivity contribution in [1.82, 2.24) is 9.38 Å². The highest BCUT2D eigenvalue weighted by atomic mass is 35.5. The number of hydrogen-bond acceptors (Lipinski definition) is 2. The first-order chi connectivity index (χ1) is 8.78. The van der Waals surface area contributed by atoms with Crippen LogP contribution in [-0.4, -0.2) is 9.38 Å². The fourth-order valence-electron chi connectivity index (χ4n) is 1.95. The van der Waals surface area contributed by atoms with E-state index in [1.54, 1.807) is 0 Å². The molecule has 0 unspecified atom stereocenters. The van der Waals surface area contributed by atoms with Crippen molar-refractivity contribution in [1.29, 1.82) is 0 Å². The predicted molar refractivity (Wildman–Crippen MR) is 73.5 cm³/mol. The lowest BCUT2D eigenvalue weighted by atomic mass is 10.2. The molecule has 0 aliphatic carbocycles. The van der Waals surface area contributed by atoms with Gasteiger partial charge >= 0.3 is 0 Å². The first-order valence-electron chi connectivity index (χ1n) is 5.70. The van der Waals surface area contributed by atoms with Crippen molar-refractivity contribution in [3.05, 3.63) is 59.4 Å². The number of imidazole rings is 1. The quantitative estimate of drug-likeness (QED) is 0.767. The molecular weight excluding hydrogens is 246 g/mol. The van der Waals surface area contributed by atoms with Gasteiger partial charge in [0.25, 0.3) is 0 Å². The minimum atomic E-state index is 0.519. The summed E-state index contributed by atoms with van der Waals surface area (Å²) in [5, 5.41) is 0.708. The van der Waals surface area contributed by atoms with Gasteiger partial charge < -0.3 is 10.1 Å². The second kappa shape index (κ2) is 4.44. The molecule has 0 bridgehead atoms. The SMILES string of the molecule is NCc1ccn2cc(-c3ccccc3Cl)nc2c1. The molecule has 0 amide bonds. The van der Waals surface area contributed by atoms with E-state index in [1.807, 2.05) is 53.2 Å². The van der Waals surface area contributed by atoms with Gasteiger partial charge in [0.2, 0.25) is 0 Å². The largest absolute Gasteiger partial charge is 0.326 e. The number of nitrogens with zero attached hydrogens (tertiary/aromatic N) is 2. The van der Waals surface area contributed by atoms with Crippen molar-refractivity contribution in [2.24, 2.45) is 5.73 Å².